The van der Waals surface area contributed by atoms with Crippen molar-refractivity contribution in [2.45, 2.75) is 0 Å². The lowest BCUT2D eigenvalue weighted by Gasteiger charge is -2.08. The van der Waals surface area contributed by atoms with Crippen LogP contribution in [0, 0.1) is 0 Å². The summed E-state index contributed by atoms with van der Waals surface area (Å²) in [5.74, 6) is -0.220. The summed E-state index contributed by atoms with van der Waals surface area (Å²) in [5.41, 5.74) is 6.46. The number of carbonyl (C=O) groups is 1. The van der Waals surface area contributed by atoms with E-state index in [9.17, 15) is 4.79 Å². The number of hydrogen-bond donors (Lipinski definition) is 3. The van der Waals surface area contributed by atoms with Crippen LogP contribution in [0.15, 0.2) is 47.1 Å². The summed E-state index contributed by atoms with van der Waals surface area (Å²) in [6, 6.07) is 11.0. The van der Waals surface area contributed by atoms with Gasteiger partial charge in [0.25, 0.3) is 5.91 Å². The summed E-state index contributed by atoms with van der Waals surface area (Å²) in [5, 5.41) is 3.28. The number of thiocarbonyl (C=S) groups is 1. The monoisotopic (exact) mass is 318 g/mol. The second-order valence-corrected chi connectivity index (χ2v) is 5.44. The molecule has 0 atom stereocenters. The summed E-state index contributed by atoms with van der Waals surface area (Å²) in [6.45, 7) is 0. The maximum atomic E-state index is 11.7. The maximum Gasteiger partial charge on any atom is 0.293 e. The zero-order chi connectivity index (χ0) is 14.7. The summed E-state index contributed by atoms with van der Waals surface area (Å²) in [7, 11) is 0. The molecular weight excluding hydrogens is 308 g/mol. The zero-order valence-corrected chi connectivity index (χ0v) is 12.3. The van der Waals surface area contributed by atoms with Crippen LogP contribution in [-0.2, 0) is 0 Å². The van der Waals surface area contributed by atoms with Crippen molar-refractivity contribution < 1.29 is 9.21 Å². The van der Waals surface area contributed by atoms with Crippen LogP contribution in [-0.4, -0.2) is 16.0 Å². The highest BCUT2D eigenvalue weighted by Crippen LogP contribution is 2.24. The van der Waals surface area contributed by atoms with E-state index in [1.807, 2.05) is 24.3 Å². The van der Waals surface area contributed by atoms with Gasteiger partial charge in [0.15, 0.2) is 10.9 Å². The van der Waals surface area contributed by atoms with Crippen molar-refractivity contribution in [2.75, 3.05) is 5.43 Å². The molecule has 0 fully saturated rings. The molecule has 2 aromatic heterocycles. The first kappa shape index (κ1) is 13.5. The third-order valence-electron chi connectivity index (χ3n) is 2.55. The SMILES string of the molecule is O=C(NC(=S)NNc1nc2ccccc2s1)c1ccco1. The number of hydrogen-bond acceptors (Lipinski definition) is 6. The van der Waals surface area contributed by atoms with Crippen LogP contribution in [0.4, 0.5) is 5.13 Å². The molecule has 2 heterocycles. The smallest absolute Gasteiger partial charge is 0.293 e. The lowest BCUT2D eigenvalue weighted by Crippen LogP contribution is -2.41. The minimum absolute atomic E-state index is 0.135. The summed E-state index contributed by atoms with van der Waals surface area (Å²) < 4.78 is 6.03. The number of anilines is 1. The topological polar surface area (TPSA) is 79.2 Å². The van der Waals surface area contributed by atoms with E-state index in [1.54, 1.807) is 12.1 Å². The van der Waals surface area contributed by atoms with E-state index in [2.05, 4.69) is 21.2 Å². The van der Waals surface area contributed by atoms with Gasteiger partial charge >= 0.3 is 0 Å². The number of nitrogens with zero attached hydrogens (tertiary/aromatic N) is 1. The Kier molecular flexibility index (Phi) is 3.80. The van der Waals surface area contributed by atoms with Crippen molar-refractivity contribution >= 4 is 49.9 Å². The predicted octanol–water partition coefficient (Wildman–Crippen LogP) is 2.52. The summed E-state index contributed by atoms with van der Waals surface area (Å²) in [4.78, 5) is 16.1. The van der Waals surface area contributed by atoms with Gasteiger partial charge in [0, 0.05) is 0 Å². The fourth-order valence-electron chi connectivity index (χ4n) is 1.64. The largest absolute Gasteiger partial charge is 0.459 e. The first-order valence-electron chi connectivity index (χ1n) is 5.99. The Balaban J connectivity index is 1.57. The zero-order valence-electron chi connectivity index (χ0n) is 10.6. The highest BCUT2D eigenvalue weighted by molar-refractivity contribution is 7.80. The molecule has 0 unspecified atom stereocenters. The molecule has 3 rings (SSSR count). The number of furan rings is 1. The molecule has 3 aromatic rings. The van der Waals surface area contributed by atoms with E-state index in [-0.39, 0.29) is 10.9 Å². The molecule has 6 nitrogen and oxygen atoms in total. The second kappa shape index (κ2) is 5.90. The standard InChI is InChI=1S/C13H10N4O2S2/c18-11(9-5-3-7-19-9)15-12(20)16-17-13-14-8-4-1-2-6-10(8)21-13/h1-7H,(H,14,17)(H2,15,16,18,20). The molecule has 0 aliphatic rings. The van der Waals surface area contributed by atoms with Gasteiger partial charge in [0.2, 0.25) is 5.13 Å². The number of benzene rings is 1. The van der Waals surface area contributed by atoms with Gasteiger partial charge in [-0.1, -0.05) is 23.5 Å². The molecule has 0 saturated carbocycles. The van der Waals surface area contributed by atoms with E-state index in [4.69, 9.17) is 16.6 Å². The Morgan fingerprint density at radius 1 is 1.24 bits per heavy atom. The first-order chi connectivity index (χ1) is 10.2. The molecule has 1 aromatic carbocycles. The third kappa shape index (κ3) is 3.18. The normalized spacial score (nSPS) is 10.3. The van der Waals surface area contributed by atoms with Gasteiger partial charge in [-0.2, -0.15) is 0 Å². The Morgan fingerprint density at radius 2 is 2.10 bits per heavy atom. The Morgan fingerprint density at radius 3 is 2.86 bits per heavy atom. The van der Waals surface area contributed by atoms with Crippen molar-refractivity contribution in [3.63, 3.8) is 0 Å². The lowest BCUT2D eigenvalue weighted by atomic mass is 10.3. The van der Waals surface area contributed by atoms with Crippen LogP contribution in [0.2, 0.25) is 0 Å². The number of carbonyl (C=O) groups excluding carboxylic acids is 1. The molecule has 0 aliphatic carbocycles. The van der Waals surface area contributed by atoms with Crippen LogP contribution < -0.4 is 16.2 Å². The van der Waals surface area contributed by atoms with Gasteiger partial charge in [-0.05, 0) is 36.5 Å². The Labute approximate surface area is 129 Å². The molecule has 21 heavy (non-hydrogen) atoms. The van der Waals surface area contributed by atoms with E-state index >= 15 is 0 Å². The summed E-state index contributed by atoms with van der Waals surface area (Å²) >= 11 is 6.49. The van der Waals surface area contributed by atoms with Gasteiger partial charge in [-0.3, -0.25) is 21.0 Å². The molecule has 0 aliphatic heterocycles. The first-order valence-corrected chi connectivity index (χ1v) is 7.21. The number of rotatable bonds is 3. The fraction of sp³-hybridized carbons (Fsp3) is 0. The third-order valence-corrected chi connectivity index (χ3v) is 3.70. The highest BCUT2D eigenvalue weighted by Gasteiger charge is 2.10. The van der Waals surface area contributed by atoms with E-state index < -0.39 is 5.91 Å². The number of amides is 1. The Hall–Kier alpha value is -2.45. The second-order valence-electron chi connectivity index (χ2n) is 4.00. The van der Waals surface area contributed by atoms with Crippen molar-refractivity contribution in [3.8, 4) is 0 Å². The van der Waals surface area contributed by atoms with Gasteiger partial charge in [-0.25, -0.2) is 4.98 Å². The molecule has 106 valence electrons. The van der Waals surface area contributed by atoms with E-state index in [0.717, 1.165) is 10.2 Å². The molecule has 0 spiro atoms. The average Bonchev–Trinajstić information content (AvgIpc) is 3.14. The van der Waals surface area contributed by atoms with Gasteiger partial charge in [0.1, 0.15) is 0 Å². The van der Waals surface area contributed by atoms with Gasteiger partial charge in [0.05, 0.1) is 16.5 Å². The van der Waals surface area contributed by atoms with E-state index in [1.165, 1.54) is 17.6 Å². The number of aromatic nitrogens is 1. The molecular formula is C13H10N4O2S2. The molecule has 1 amide bonds. The van der Waals surface area contributed by atoms with Crippen molar-refractivity contribution in [1.29, 1.82) is 0 Å². The van der Waals surface area contributed by atoms with Crippen LogP contribution in [0.25, 0.3) is 10.2 Å². The van der Waals surface area contributed by atoms with Crippen LogP contribution in [0.3, 0.4) is 0 Å². The summed E-state index contributed by atoms with van der Waals surface area (Å²) in [6.07, 6.45) is 1.42. The Bertz CT molecular complexity index is 749. The predicted molar refractivity (Wildman–Crippen MR) is 85.2 cm³/mol. The molecule has 8 heteroatoms. The number of para-hydroxylation sites is 1. The van der Waals surface area contributed by atoms with Gasteiger partial charge in [-0.15, -0.1) is 0 Å². The lowest BCUT2D eigenvalue weighted by molar-refractivity contribution is 0.0950. The van der Waals surface area contributed by atoms with Crippen LogP contribution in [0.5, 0.6) is 0 Å². The number of hydrazine groups is 1. The molecule has 0 radical (unpaired) electrons. The molecule has 0 saturated heterocycles. The minimum Gasteiger partial charge on any atom is -0.459 e. The van der Waals surface area contributed by atoms with E-state index in [0.29, 0.717) is 5.13 Å². The quantitative estimate of drug-likeness (QED) is 0.509. The minimum atomic E-state index is -0.413. The molecule has 3 N–H and O–H groups in total. The van der Waals surface area contributed by atoms with Crippen molar-refractivity contribution in [3.05, 3.63) is 48.4 Å². The number of thiazole rings is 1. The number of fused-ring (bicyclic) bond motifs is 1. The van der Waals surface area contributed by atoms with Gasteiger partial charge < -0.3 is 4.42 Å². The maximum absolute atomic E-state index is 11.7. The van der Waals surface area contributed by atoms with Crippen LogP contribution in [0.1, 0.15) is 10.6 Å². The highest BCUT2D eigenvalue weighted by atomic mass is 32.1. The van der Waals surface area contributed by atoms with Crippen LogP contribution >= 0.6 is 23.6 Å². The average molecular weight is 318 g/mol. The number of nitrogens with one attached hydrogen (secondary N) is 3. The van der Waals surface area contributed by atoms with Crippen molar-refractivity contribution in [2.24, 2.45) is 0 Å². The molecule has 0 bridgehead atoms. The van der Waals surface area contributed by atoms with Crippen molar-refractivity contribution in [1.82, 2.24) is 15.7 Å². The fourth-order valence-corrected chi connectivity index (χ4v) is 2.60.